The van der Waals surface area contributed by atoms with Crippen molar-refractivity contribution in [2.45, 2.75) is 13.1 Å². The van der Waals surface area contributed by atoms with E-state index in [4.69, 9.17) is 0 Å². The molecule has 0 saturated carbocycles. The molecule has 0 atom stereocenters. The lowest BCUT2D eigenvalue weighted by Crippen LogP contribution is -2.19. The van der Waals surface area contributed by atoms with Gasteiger partial charge in [-0.15, -0.1) is 0 Å². The van der Waals surface area contributed by atoms with Crippen molar-refractivity contribution >= 4 is 12.0 Å². The van der Waals surface area contributed by atoms with Crippen LogP contribution in [0.4, 0.5) is 13.2 Å². The molecule has 0 radical (unpaired) electrons. The third-order valence-corrected chi connectivity index (χ3v) is 1.87. The summed E-state index contributed by atoms with van der Waals surface area (Å²) < 4.78 is 37.1. The average Bonchev–Trinajstić information content (AvgIpc) is 2.23. The smallest absolute Gasteiger partial charge is 0.353 e. The molecule has 1 rings (SSSR count). The Labute approximate surface area is 96.4 Å². The molecule has 0 spiro atoms. The zero-order valence-electron chi connectivity index (χ0n) is 9.08. The summed E-state index contributed by atoms with van der Waals surface area (Å²) in [4.78, 5) is 14.3. The van der Waals surface area contributed by atoms with Crippen LogP contribution in [0.3, 0.4) is 0 Å². The Morgan fingerprint density at radius 3 is 2.82 bits per heavy atom. The van der Waals surface area contributed by atoms with Crippen molar-refractivity contribution in [1.82, 2.24) is 10.3 Å². The number of nitrogens with one attached hydrogen (secondary N) is 1. The number of halogens is 3. The highest BCUT2D eigenvalue weighted by atomic mass is 19.4. The largest absolute Gasteiger partial charge is 0.416 e. The van der Waals surface area contributed by atoms with Crippen molar-refractivity contribution in [3.63, 3.8) is 0 Å². The first kappa shape index (κ1) is 13.2. The Kier molecular flexibility index (Phi) is 4.25. The van der Waals surface area contributed by atoms with E-state index in [1.54, 1.807) is 0 Å². The van der Waals surface area contributed by atoms with Crippen LogP contribution in [0, 0.1) is 0 Å². The molecular formula is C11H11F3N2O. The van der Waals surface area contributed by atoms with Gasteiger partial charge in [0.05, 0.1) is 11.3 Å². The Hall–Kier alpha value is -1.85. The van der Waals surface area contributed by atoms with E-state index in [1.807, 2.05) is 0 Å². The van der Waals surface area contributed by atoms with Crippen LogP contribution in [0.1, 0.15) is 18.2 Å². The monoisotopic (exact) mass is 244 g/mol. The van der Waals surface area contributed by atoms with Crippen molar-refractivity contribution in [3.8, 4) is 0 Å². The minimum atomic E-state index is -4.37. The fraction of sp³-hybridized carbons (Fsp3) is 0.273. The normalized spacial score (nSPS) is 11.8. The van der Waals surface area contributed by atoms with Gasteiger partial charge in [-0.1, -0.05) is 6.08 Å². The topological polar surface area (TPSA) is 42.0 Å². The lowest BCUT2D eigenvalue weighted by atomic mass is 10.2. The molecule has 0 aromatic carbocycles. The van der Waals surface area contributed by atoms with Crippen LogP contribution in [0.2, 0.25) is 0 Å². The zero-order chi connectivity index (χ0) is 12.9. The van der Waals surface area contributed by atoms with E-state index < -0.39 is 11.7 Å². The number of carbonyl (C=O) groups is 1. The minimum Gasteiger partial charge on any atom is -0.353 e. The van der Waals surface area contributed by atoms with Crippen molar-refractivity contribution < 1.29 is 18.0 Å². The van der Waals surface area contributed by atoms with Gasteiger partial charge in [-0.05, 0) is 18.2 Å². The molecule has 1 aromatic rings. The predicted octanol–water partition coefficient (Wildman–Crippen LogP) is 2.25. The Bertz CT molecular complexity index is 427. The molecule has 0 bridgehead atoms. The van der Waals surface area contributed by atoms with Gasteiger partial charge in [-0.3, -0.25) is 9.78 Å². The van der Waals surface area contributed by atoms with Crippen LogP contribution in [0.15, 0.2) is 24.4 Å². The van der Waals surface area contributed by atoms with Gasteiger partial charge in [0.15, 0.2) is 0 Å². The third-order valence-electron chi connectivity index (χ3n) is 1.87. The number of pyridine rings is 1. The third kappa shape index (κ3) is 4.67. The molecule has 0 saturated heterocycles. The molecule has 0 fully saturated rings. The fourth-order valence-corrected chi connectivity index (χ4v) is 1.10. The SMILES string of the molecule is CC(=O)NCC=Cc1cc(C(F)(F)F)ccn1. The highest BCUT2D eigenvalue weighted by Crippen LogP contribution is 2.29. The quantitative estimate of drug-likeness (QED) is 0.886. The molecule has 1 N–H and O–H groups in total. The van der Waals surface area contributed by atoms with Gasteiger partial charge in [0.2, 0.25) is 5.91 Å². The summed E-state index contributed by atoms with van der Waals surface area (Å²) in [6, 6.07) is 1.86. The van der Waals surface area contributed by atoms with Crippen LogP contribution in [0.5, 0.6) is 0 Å². The van der Waals surface area contributed by atoms with Crippen LogP contribution < -0.4 is 5.32 Å². The molecule has 17 heavy (non-hydrogen) atoms. The lowest BCUT2D eigenvalue weighted by Gasteiger charge is -2.06. The summed E-state index contributed by atoms with van der Waals surface area (Å²) >= 11 is 0. The number of alkyl halides is 3. The second-order valence-electron chi connectivity index (χ2n) is 3.31. The number of nitrogens with zero attached hydrogens (tertiary/aromatic N) is 1. The molecular weight excluding hydrogens is 233 g/mol. The van der Waals surface area contributed by atoms with Crippen LogP contribution in [0.25, 0.3) is 6.08 Å². The molecule has 0 aliphatic heterocycles. The van der Waals surface area contributed by atoms with Gasteiger partial charge >= 0.3 is 6.18 Å². The first-order valence-electron chi connectivity index (χ1n) is 4.84. The van der Waals surface area contributed by atoms with E-state index in [0.29, 0.717) is 0 Å². The molecule has 6 heteroatoms. The van der Waals surface area contributed by atoms with Gasteiger partial charge in [0.1, 0.15) is 0 Å². The molecule has 1 amide bonds. The first-order chi connectivity index (χ1) is 7.89. The maximum Gasteiger partial charge on any atom is 0.416 e. The van der Waals surface area contributed by atoms with E-state index in [0.717, 1.165) is 18.3 Å². The summed E-state index contributed by atoms with van der Waals surface area (Å²) in [6.45, 7) is 1.61. The number of hydrogen-bond acceptors (Lipinski definition) is 2. The predicted molar refractivity (Wildman–Crippen MR) is 57.0 cm³/mol. The van der Waals surface area contributed by atoms with Crippen LogP contribution in [-0.2, 0) is 11.0 Å². The van der Waals surface area contributed by atoms with Crippen molar-refractivity contribution in [3.05, 3.63) is 35.7 Å². The number of hydrogen-bond donors (Lipinski definition) is 1. The maximum atomic E-state index is 12.4. The van der Waals surface area contributed by atoms with Crippen LogP contribution >= 0.6 is 0 Å². The van der Waals surface area contributed by atoms with Crippen LogP contribution in [-0.4, -0.2) is 17.4 Å². The number of amides is 1. The van der Waals surface area contributed by atoms with Gasteiger partial charge in [-0.25, -0.2) is 0 Å². The molecule has 3 nitrogen and oxygen atoms in total. The van der Waals surface area contributed by atoms with Crippen molar-refractivity contribution in [2.24, 2.45) is 0 Å². The molecule has 0 aliphatic carbocycles. The summed E-state index contributed by atoms with van der Waals surface area (Å²) in [5, 5.41) is 2.48. The first-order valence-corrected chi connectivity index (χ1v) is 4.84. The minimum absolute atomic E-state index is 0.199. The summed E-state index contributed by atoms with van der Waals surface area (Å²) in [5.74, 6) is -0.202. The highest BCUT2D eigenvalue weighted by molar-refractivity contribution is 5.73. The standard InChI is InChI=1S/C11H11F3N2O/c1-8(17)15-5-2-3-10-7-9(4-6-16-10)11(12,13)14/h2-4,6-7H,5H2,1H3,(H,15,17). The number of carbonyl (C=O) groups excluding carboxylic acids is 1. The highest BCUT2D eigenvalue weighted by Gasteiger charge is 2.30. The van der Waals surface area contributed by atoms with E-state index >= 15 is 0 Å². The lowest BCUT2D eigenvalue weighted by molar-refractivity contribution is -0.137. The fourth-order valence-electron chi connectivity index (χ4n) is 1.10. The van der Waals surface area contributed by atoms with Crippen molar-refractivity contribution in [2.75, 3.05) is 6.54 Å². The molecule has 0 aliphatic rings. The Morgan fingerprint density at radius 1 is 1.53 bits per heavy atom. The molecule has 92 valence electrons. The van der Waals surface area contributed by atoms with Crippen molar-refractivity contribution in [1.29, 1.82) is 0 Å². The molecule has 0 unspecified atom stereocenters. The molecule has 1 aromatic heterocycles. The average molecular weight is 244 g/mol. The maximum absolute atomic E-state index is 12.4. The summed E-state index contributed by atoms with van der Waals surface area (Å²) in [6.07, 6.45) is -0.320. The Balaban J connectivity index is 2.69. The number of rotatable bonds is 3. The molecule has 1 heterocycles. The zero-order valence-corrected chi connectivity index (χ0v) is 9.08. The van der Waals surface area contributed by atoms with E-state index in [9.17, 15) is 18.0 Å². The summed E-state index contributed by atoms with van der Waals surface area (Å²) in [5.41, 5.74) is -0.545. The van der Waals surface area contributed by atoms with E-state index in [1.165, 1.54) is 19.1 Å². The number of aromatic nitrogens is 1. The van der Waals surface area contributed by atoms with Gasteiger partial charge < -0.3 is 5.32 Å². The van der Waals surface area contributed by atoms with E-state index in [2.05, 4.69) is 10.3 Å². The summed E-state index contributed by atoms with van der Waals surface area (Å²) in [7, 11) is 0. The second kappa shape index (κ2) is 5.47. The Morgan fingerprint density at radius 2 is 2.24 bits per heavy atom. The van der Waals surface area contributed by atoms with Gasteiger partial charge in [0, 0.05) is 19.7 Å². The van der Waals surface area contributed by atoms with Gasteiger partial charge in [0.25, 0.3) is 0 Å². The van der Waals surface area contributed by atoms with Gasteiger partial charge in [-0.2, -0.15) is 13.2 Å². The van der Waals surface area contributed by atoms with E-state index in [-0.39, 0.29) is 18.1 Å². The second-order valence-corrected chi connectivity index (χ2v) is 3.31.